The molecule has 0 fully saturated rings. The van der Waals surface area contributed by atoms with E-state index in [0.717, 1.165) is 0 Å². The molecule has 100 valence electrons. The van der Waals surface area contributed by atoms with E-state index in [9.17, 15) is 5.11 Å². The van der Waals surface area contributed by atoms with Crippen LogP contribution in [0, 0.1) is 0 Å². The van der Waals surface area contributed by atoms with Gasteiger partial charge in [0.15, 0.2) is 0 Å². The van der Waals surface area contributed by atoms with Gasteiger partial charge in [-0.2, -0.15) is 0 Å². The monoisotopic (exact) mass is 306 g/mol. The second-order valence-corrected chi connectivity index (χ2v) is 4.93. The molecule has 1 N–H and O–H groups in total. The molecule has 2 aromatic carbocycles. The Morgan fingerprint density at radius 1 is 0.900 bits per heavy atom. The van der Waals surface area contributed by atoms with E-state index in [-0.39, 0.29) is 5.75 Å². The van der Waals surface area contributed by atoms with Gasteiger partial charge in [0.25, 0.3) is 0 Å². The zero-order chi connectivity index (χ0) is 14.1. The summed E-state index contributed by atoms with van der Waals surface area (Å²) in [7, 11) is 0. The topological polar surface area (TPSA) is 59.2 Å². The quantitative estimate of drug-likeness (QED) is 0.761. The molecule has 0 saturated carbocycles. The van der Waals surface area contributed by atoms with Gasteiger partial charge >= 0.3 is 0 Å². The lowest BCUT2D eigenvalue weighted by Gasteiger charge is -1.99. The van der Waals surface area contributed by atoms with E-state index in [1.807, 2.05) is 0 Å². The van der Waals surface area contributed by atoms with Crippen LogP contribution in [-0.2, 0) is 0 Å². The number of aromatic nitrogens is 2. The molecule has 4 nitrogen and oxygen atoms in total. The molecule has 0 bridgehead atoms. The van der Waals surface area contributed by atoms with Crippen molar-refractivity contribution in [3.63, 3.8) is 0 Å². The number of phenols is 1. The molecule has 0 aliphatic heterocycles. The molecule has 0 aliphatic carbocycles. The van der Waals surface area contributed by atoms with Crippen molar-refractivity contribution in [3.8, 4) is 28.7 Å². The number of hydrogen-bond donors (Lipinski definition) is 1. The van der Waals surface area contributed by atoms with Crippen molar-refractivity contribution in [2.75, 3.05) is 0 Å². The number of benzene rings is 2. The van der Waals surface area contributed by atoms with Crippen molar-refractivity contribution >= 4 is 23.2 Å². The molecule has 1 aromatic heterocycles. The summed E-state index contributed by atoms with van der Waals surface area (Å²) in [5.74, 6) is 0.843. The first-order valence-electron chi connectivity index (χ1n) is 5.72. The highest BCUT2D eigenvalue weighted by Crippen LogP contribution is 2.31. The fourth-order valence-corrected chi connectivity index (χ4v) is 2.20. The SMILES string of the molecule is Oc1ccc(-c2nnc(-c3ccc(Cl)cc3Cl)o2)cc1. The zero-order valence-electron chi connectivity index (χ0n) is 10.0. The average molecular weight is 307 g/mol. The molecule has 1 heterocycles. The highest BCUT2D eigenvalue weighted by atomic mass is 35.5. The van der Waals surface area contributed by atoms with Gasteiger partial charge in [0.05, 0.1) is 10.6 Å². The molecule has 0 radical (unpaired) electrons. The van der Waals surface area contributed by atoms with Crippen LogP contribution in [0.25, 0.3) is 22.9 Å². The van der Waals surface area contributed by atoms with Gasteiger partial charge in [-0.1, -0.05) is 23.2 Å². The number of aromatic hydroxyl groups is 1. The predicted molar refractivity (Wildman–Crippen MR) is 76.9 cm³/mol. The number of rotatable bonds is 2. The Morgan fingerprint density at radius 3 is 2.30 bits per heavy atom. The van der Waals surface area contributed by atoms with E-state index >= 15 is 0 Å². The second kappa shape index (κ2) is 5.15. The molecule has 0 unspecified atom stereocenters. The van der Waals surface area contributed by atoms with Crippen LogP contribution in [0.4, 0.5) is 0 Å². The molecular weight excluding hydrogens is 299 g/mol. The van der Waals surface area contributed by atoms with Crippen LogP contribution < -0.4 is 0 Å². The lowest BCUT2D eigenvalue weighted by Crippen LogP contribution is -1.79. The van der Waals surface area contributed by atoms with Gasteiger partial charge < -0.3 is 9.52 Å². The van der Waals surface area contributed by atoms with Gasteiger partial charge in [0.2, 0.25) is 11.8 Å². The third-order valence-corrected chi connectivity index (χ3v) is 3.25. The largest absolute Gasteiger partial charge is 0.508 e. The lowest BCUT2D eigenvalue weighted by atomic mass is 10.2. The minimum Gasteiger partial charge on any atom is -0.508 e. The summed E-state index contributed by atoms with van der Waals surface area (Å²) in [4.78, 5) is 0. The van der Waals surface area contributed by atoms with Crippen molar-refractivity contribution in [1.29, 1.82) is 0 Å². The van der Waals surface area contributed by atoms with Gasteiger partial charge in [-0.25, -0.2) is 0 Å². The van der Waals surface area contributed by atoms with Gasteiger partial charge in [0.1, 0.15) is 5.75 Å². The fraction of sp³-hybridized carbons (Fsp3) is 0. The predicted octanol–water partition coefficient (Wildman–Crippen LogP) is 4.42. The standard InChI is InChI=1S/C14H8Cl2N2O2/c15-9-3-6-11(12(16)7-9)14-18-17-13(20-14)8-1-4-10(19)5-2-8/h1-7,19H. The lowest BCUT2D eigenvalue weighted by molar-refractivity contribution is 0.475. The number of hydrogen-bond acceptors (Lipinski definition) is 4. The first-order valence-corrected chi connectivity index (χ1v) is 6.47. The normalized spacial score (nSPS) is 10.7. The molecular formula is C14H8Cl2N2O2. The van der Waals surface area contributed by atoms with Crippen molar-refractivity contribution in [2.24, 2.45) is 0 Å². The van der Waals surface area contributed by atoms with E-state index < -0.39 is 0 Å². The summed E-state index contributed by atoms with van der Waals surface area (Å²) in [6, 6.07) is 11.5. The molecule has 0 atom stereocenters. The summed E-state index contributed by atoms with van der Waals surface area (Å²) in [6.07, 6.45) is 0. The molecule has 3 rings (SSSR count). The summed E-state index contributed by atoms with van der Waals surface area (Å²) in [5.41, 5.74) is 1.33. The number of halogens is 2. The van der Waals surface area contributed by atoms with E-state index in [1.165, 1.54) is 0 Å². The van der Waals surface area contributed by atoms with E-state index in [1.54, 1.807) is 42.5 Å². The van der Waals surface area contributed by atoms with E-state index in [0.29, 0.717) is 33.0 Å². The third-order valence-electron chi connectivity index (χ3n) is 2.70. The van der Waals surface area contributed by atoms with Gasteiger partial charge in [-0.05, 0) is 42.5 Å². The Balaban J connectivity index is 1.99. The van der Waals surface area contributed by atoms with Crippen LogP contribution >= 0.6 is 23.2 Å². The Hall–Kier alpha value is -2.04. The Kier molecular flexibility index (Phi) is 3.34. The van der Waals surface area contributed by atoms with Crippen LogP contribution in [0.15, 0.2) is 46.9 Å². The van der Waals surface area contributed by atoms with Crippen LogP contribution in [0.1, 0.15) is 0 Å². The Bertz CT molecular complexity index is 754. The Labute approximate surface area is 124 Å². The van der Waals surface area contributed by atoms with Crippen molar-refractivity contribution < 1.29 is 9.52 Å². The summed E-state index contributed by atoms with van der Waals surface area (Å²) in [5, 5.41) is 18.2. The number of phenolic OH excluding ortho intramolecular Hbond substituents is 1. The maximum Gasteiger partial charge on any atom is 0.249 e. The summed E-state index contributed by atoms with van der Waals surface area (Å²) < 4.78 is 5.58. The van der Waals surface area contributed by atoms with Crippen LogP contribution in [0.3, 0.4) is 0 Å². The molecule has 0 aliphatic rings. The summed E-state index contributed by atoms with van der Waals surface area (Å²) >= 11 is 11.9. The fourth-order valence-electron chi connectivity index (χ4n) is 1.72. The minimum absolute atomic E-state index is 0.175. The smallest absolute Gasteiger partial charge is 0.249 e. The van der Waals surface area contributed by atoms with Crippen LogP contribution in [0.5, 0.6) is 5.75 Å². The number of nitrogens with zero attached hydrogens (tertiary/aromatic N) is 2. The molecule has 0 spiro atoms. The first kappa shape index (κ1) is 13.0. The second-order valence-electron chi connectivity index (χ2n) is 4.08. The highest BCUT2D eigenvalue weighted by molar-refractivity contribution is 6.36. The van der Waals surface area contributed by atoms with E-state index in [2.05, 4.69) is 10.2 Å². The van der Waals surface area contributed by atoms with Crippen LogP contribution in [-0.4, -0.2) is 15.3 Å². The molecule has 6 heteroatoms. The minimum atomic E-state index is 0.175. The van der Waals surface area contributed by atoms with E-state index in [4.69, 9.17) is 27.6 Å². The Morgan fingerprint density at radius 2 is 1.60 bits per heavy atom. The van der Waals surface area contributed by atoms with Crippen molar-refractivity contribution in [3.05, 3.63) is 52.5 Å². The molecule has 3 aromatic rings. The van der Waals surface area contributed by atoms with Crippen molar-refractivity contribution in [1.82, 2.24) is 10.2 Å². The summed E-state index contributed by atoms with van der Waals surface area (Å²) in [6.45, 7) is 0. The third kappa shape index (κ3) is 2.48. The maximum absolute atomic E-state index is 9.25. The van der Waals surface area contributed by atoms with Gasteiger partial charge in [-0.15, -0.1) is 10.2 Å². The van der Waals surface area contributed by atoms with Gasteiger partial charge in [0, 0.05) is 10.6 Å². The highest BCUT2D eigenvalue weighted by Gasteiger charge is 2.13. The van der Waals surface area contributed by atoms with Crippen LogP contribution in [0.2, 0.25) is 10.0 Å². The maximum atomic E-state index is 9.25. The molecule has 0 saturated heterocycles. The average Bonchev–Trinajstić information content (AvgIpc) is 2.89. The molecule has 20 heavy (non-hydrogen) atoms. The van der Waals surface area contributed by atoms with Gasteiger partial charge in [-0.3, -0.25) is 0 Å². The zero-order valence-corrected chi connectivity index (χ0v) is 11.6. The molecule has 0 amide bonds. The van der Waals surface area contributed by atoms with Crippen molar-refractivity contribution in [2.45, 2.75) is 0 Å². The first-order chi connectivity index (χ1) is 9.63.